The number of aromatic nitrogens is 1. The zero-order valence-corrected chi connectivity index (χ0v) is 13.7. The molecule has 3 aromatic rings. The third kappa shape index (κ3) is 3.48. The van der Waals surface area contributed by atoms with E-state index in [1.807, 2.05) is 12.1 Å². The second kappa shape index (κ2) is 6.86. The molecule has 0 saturated heterocycles. The highest BCUT2D eigenvalue weighted by atomic mass is 35.5. The minimum absolute atomic E-state index is 0.264. The summed E-state index contributed by atoms with van der Waals surface area (Å²) in [6.45, 7) is 0. The number of benzene rings is 2. The normalized spacial score (nSPS) is 10.4. The van der Waals surface area contributed by atoms with Crippen molar-refractivity contribution in [3.8, 4) is 0 Å². The molecule has 120 valence electrons. The van der Waals surface area contributed by atoms with Gasteiger partial charge in [0.05, 0.1) is 21.9 Å². The van der Waals surface area contributed by atoms with Crippen molar-refractivity contribution in [3.05, 3.63) is 64.8 Å². The van der Waals surface area contributed by atoms with Crippen LogP contribution in [0.5, 0.6) is 0 Å². The minimum atomic E-state index is -0.855. The van der Waals surface area contributed by atoms with Crippen LogP contribution in [0.4, 0.5) is 11.4 Å². The molecule has 0 aliphatic rings. The van der Waals surface area contributed by atoms with Crippen LogP contribution in [-0.2, 0) is 9.59 Å². The molecular formula is C17H11Cl2N3O2. The molecule has 0 bridgehead atoms. The quantitative estimate of drug-likeness (QED) is 0.676. The molecular weight excluding hydrogens is 349 g/mol. The largest absolute Gasteiger partial charge is 0.316 e. The number of halogens is 2. The molecule has 24 heavy (non-hydrogen) atoms. The van der Waals surface area contributed by atoms with E-state index in [1.54, 1.807) is 30.5 Å². The standard InChI is InChI=1S/C17H11Cl2N3O2/c18-11-6-7-12(19)14(9-11)22-17(24)16(23)21-13-5-1-3-10-4-2-8-20-15(10)13/h1-9H,(H,21,23)(H,22,24). The molecule has 0 aliphatic carbocycles. The summed E-state index contributed by atoms with van der Waals surface area (Å²) in [4.78, 5) is 28.4. The third-order valence-corrected chi connectivity index (χ3v) is 3.83. The molecule has 0 spiro atoms. The van der Waals surface area contributed by atoms with Crippen LogP contribution in [0.15, 0.2) is 54.7 Å². The second-order valence-electron chi connectivity index (χ2n) is 4.91. The third-order valence-electron chi connectivity index (χ3n) is 3.26. The van der Waals surface area contributed by atoms with Crippen molar-refractivity contribution in [3.63, 3.8) is 0 Å². The molecule has 1 aromatic heterocycles. The maximum atomic E-state index is 12.1. The summed E-state index contributed by atoms with van der Waals surface area (Å²) in [5.41, 5.74) is 1.31. The van der Waals surface area contributed by atoms with Gasteiger partial charge in [0.1, 0.15) is 0 Å². The van der Waals surface area contributed by atoms with E-state index in [-0.39, 0.29) is 10.7 Å². The van der Waals surface area contributed by atoms with Crippen molar-refractivity contribution < 1.29 is 9.59 Å². The number of nitrogens with zero attached hydrogens (tertiary/aromatic N) is 1. The number of carbonyl (C=O) groups excluding carboxylic acids is 2. The van der Waals surface area contributed by atoms with Crippen molar-refractivity contribution in [1.82, 2.24) is 4.98 Å². The van der Waals surface area contributed by atoms with Gasteiger partial charge in [0.2, 0.25) is 0 Å². The van der Waals surface area contributed by atoms with Crippen molar-refractivity contribution >= 4 is 57.3 Å². The van der Waals surface area contributed by atoms with Crippen molar-refractivity contribution in [1.29, 1.82) is 0 Å². The van der Waals surface area contributed by atoms with Crippen LogP contribution in [0.1, 0.15) is 0 Å². The molecule has 0 atom stereocenters. The Labute approximate surface area is 147 Å². The lowest BCUT2D eigenvalue weighted by atomic mass is 10.2. The van der Waals surface area contributed by atoms with Crippen LogP contribution in [0, 0.1) is 0 Å². The number of hydrogen-bond donors (Lipinski definition) is 2. The number of carbonyl (C=O) groups is 2. The Morgan fingerprint density at radius 3 is 2.38 bits per heavy atom. The molecule has 2 N–H and O–H groups in total. The van der Waals surface area contributed by atoms with E-state index in [2.05, 4.69) is 15.6 Å². The summed E-state index contributed by atoms with van der Waals surface area (Å²) in [6.07, 6.45) is 1.61. The van der Waals surface area contributed by atoms with Gasteiger partial charge >= 0.3 is 11.8 Å². The molecule has 1 heterocycles. The summed E-state index contributed by atoms with van der Waals surface area (Å²) in [5, 5.41) is 6.52. The fraction of sp³-hybridized carbons (Fsp3) is 0. The molecule has 0 aliphatic heterocycles. The average molecular weight is 360 g/mol. The van der Waals surface area contributed by atoms with E-state index in [0.717, 1.165) is 5.39 Å². The smallest absolute Gasteiger partial charge is 0.314 e. The van der Waals surface area contributed by atoms with E-state index in [0.29, 0.717) is 16.2 Å². The Hall–Kier alpha value is -2.63. The lowest BCUT2D eigenvalue weighted by Gasteiger charge is -2.09. The SMILES string of the molecule is O=C(Nc1cc(Cl)ccc1Cl)C(=O)Nc1cccc2cccnc12. The number of hydrogen-bond acceptors (Lipinski definition) is 3. The first kappa shape index (κ1) is 16.2. The number of para-hydroxylation sites is 1. The first-order valence-corrected chi connectivity index (χ1v) is 7.71. The second-order valence-corrected chi connectivity index (χ2v) is 5.76. The Balaban J connectivity index is 1.79. The lowest BCUT2D eigenvalue weighted by Crippen LogP contribution is -2.29. The molecule has 2 amide bonds. The Kier molecular flexibility index (Phi) is 4.64. The zero-order chi connectivity index (χ0) is 17.1. The highest BCUT2D eigenvalue weighted by molar-refractivity contribution is 6.45. The summed E-state index contributed by atoms with van der Waals surface area (Å²) in [5.74, 6) is -1.68. The van der Waals surface area contributed by atoms with Gasteiger partial charge in [-0.2, -0.15) is 0 Å². The van der Waals surface area contributed by atoms with Crippen LogP contribution in [-0.4, -0.2) is 16.8 Å². The van der Waals surface area contributed by atoms with Gasteiger partial charge in [-0.15, -0.1) is 0 Å². The number of anilines is 2. The summed E-state index contributed by atoms with van der Waals surface area (Å²) >= 11 is 11.8. The molecule has 0 unspecified atom stereocenters. The topological polar surface area (TPSA) is 71.1 Å². The van der Waals surface area contributed by atoms with E-state index in [9.17, 15) is 9.59 Å². The van der Waals surface area contributed by atoms with Crippen LogP contribution < -0.4 is 10.6 Å². The number of pyridine rings is 1. The molecule has 0 fully saturated rings. The maximum Gasteiger partial charge on any atom is 0.314 e. The highest BCUT2D eigenvalue weighted by Gasteiger charge is 2.17. The van der Waals surface area contributed by atoms with Crippen molar-refractivity contribution in [2.75, 3.05) is 10.6 Å². The Morgan fingerprint density at radius 2 is 1.58 bits per heavy atom. The molecule has 0 radical (unpaired) electrons. The fourth-order valence-corrected chi connectivity index (χ4v) is 2.49. The van der Waals surface area contributed by atoms with Crippen LogP contribution in [0.3, 0.4) is 0 Å². The van der Waals surface area contributed by atoms with Gasteiger partial charge in [-0.05, 0) is 30.3 Å². The van der Waals surface area contributed by atoms with Crippen molar-refractivity contribution in [2.24, 2.45) is 0 Å². The van der Waals surface area contributed by atoms with Crippen LogP contribution in [0.2, 0.25) is 10.0 Å². The lowest BCUT2D eigenvalue weighted by molar-refractivity contribution is -0.132. The summed E-state index contributed by atoms with van der Waals surface area (Å²) in [6, 6.07) is 13.6. The predicted molar refractivity (Wildman–Crippen MR) is 95.5 cm³/mol. The first-order valence-electron chi connectivity index (χ1n) is 6.96. The highest BCUT2D eigenvalue weighted by Crippen LogP contribution is 2.25. The van der Waals surface area contributed by atoms with E-state index in [4.69, 9.17) is 23.2 Å². The molecule has 3 rings (SSSR count). The van der Waals surface area contributed by atoms with E-state index >= 15 is 0 Å². The van der Waals surface area contributed by atoms with Crippen LogP contribution in [0.25, 0.3) is 10.9 Å². The van der Waals surface area contributed by atoms with Gasteiger partial charge < -0.3 is 10.6 Å². The van der Waals surface area contributed by atoms with Gasteiger partial charge in [0.15, 0.2) is 0 Å². The fourth-order valence-electron chi connectivity index (χ4n) is 2.16. The number of fused-ring (bicyclic) bond motifs is 1. The first-order chi connectivity index (χ1) is 11.5. The number of amides is 2. The molecule has 0 saturated carbocycles. The van der Waals surface area contributed by atoms with E-state index in [1.165, 1.54) is 12.1 Å². The van der Waals surface area contributed by atoms with Gasteiger partial charge in [-0.3, -0.25) is 14.6 Å². The van der Waals surface area contributed by atoms with Gasteiger partial charge in [0, 0.05) is 16.6 Å². The number of rotatable bonds is 2. The molecule has 2 aromatic carbocycles. The van der Waals surface area contributed by atoms with Gasteiger partial charge in [-0.1, -0.05) is 41.4 Å². The van der Waals surface area contributed by atoms with Crippen molar-refractivity contribution in [2.45, 2.75) is 0 Å². The van der Waals surface area contributed by atoms with Crippen LogP contribution >= 0.6 is 23.2 Å². The van der Waals surface area contributed by atoms with E-state index < -0.39 is 11.8 Å². The number of nitrogens with one attached hydrogen (secondary N) is 2. The minimum Gasteiger partial charge on any atom is -0.316 e. The Bertz CT molecular complexity index is 939. The van der Waals surface area contributed by atoms with Gasteiger partial charge in [0.25, 0.3) is 0 Å². The summed E-state index contributed by atoms with van der Waals surface area (Å²) in [7, 11) is 0. The molecule has 5 nitrogen and oxygen atoms in total. The monoisotopic (exact) mass is 359 g/mol. The predicted octanol–water partition coefficient (Wildman–Crippen LogP) is 4.12. The van der Waals surface area contributed by atoms with Gasteiger partial charge in [-0.25, -0.2) is 0 Å². The summed E-state index contributed by atoms with van der Waals surface area (Å²) < 4.78 is 0. The molecule has 7 heteroatoms. The average Bonchev–Trinajstić information content (AvgIpc) is 2.58. The zero-order valence-electron chi connectivity index (χ0n) is 12.2. The Morgan fingerprint density at radius 1 is 0.875 bits per heavy atom. The maximum absolute atomic E-state index is 12.1.